The molecule has 2 nitrogen and oxygen atoms in total. The van der Waals surface area contributed by atoms with Crippen molar-refractivity contribution in [1.29, 1.82) is 0 Å². The first-order chi connectivity index (χ1) is 10.1. The van der Waals surface area contributed by atoms with Crippen molar-refractivity contribution in [2.45, 2.75) is 32.1 Å². The molecule has 0 aromatic heterocycles. The number of allylic oxidation sites excluding steroid dienone is 9. The number of rotatable bonds is 10. The van der Waals surface area contributed by atoms with E-state index in [1.165, 1.54) is 0 Å². The molecule has 0 atom stereocenters. The molecule has 0 aliphatic carbocycles. The van der Waals surface area contributed by atoms with E-state index >= 15 is 0 Å². The van der Waals surface area contributed by atoms with Crippen molar-refractivity contribution in [2.24, 2.45) is 0 Å². The van der Waals surface area contributed by atoms with Crippen LogP contribution in [-0.4, -0.2) is 11.1 Å². The minimum Gasteiger partial charge on any atom is -0.481 e. The maximum absolute atomic E-state index is 10.4. The van der Waals surface area contributed by atoms with Crippen molar-refractivity contribution in [1.82, 2.24) is 0 Å². The molecule has 116 valence electrons. The maximum Gasteiger partial charge on any atom is 0.303 e. The Bertz CT molecular complexity index is 446. The van der Waals surface area contributed by atoms with Gasteiger partial charge in [0.2, 0.25) is 0 Å². The van der Waals surface area contributed by atoms with Gasteiger partial charge in [0.25, 0.3) is 0 Å². The minimum atomic E-state index is -0.745. The molecule has 0 rings (SSSR count). The van der Waals surface area contributed by atoms with Gasteiger partial charge in [-0.25, -0.2) is 0 Å². The zero-order valence-electron chi connectivity index (χ0n) is 11.6. The van der Waals surface area contributed by atoms with Gasteiger partial charge in [-0.05, 0) is 42.8 Å². The Balaban J connectivity index is 3.87. The zero-order valence-corrected chi connectivity index (χ0v) is 16.4. The Labute approximate surface area is 151 Å². The number of hydrogen-bond acceptors (Lipinski definition) is 1. The normalized spacial score (nSPS) is 13.9. The zero-order chi connectivity index (χ0) is 15.9. The monoisotopic (exact) mass is 480 g/mol. The molecule has 0 amide bonds. The van der Waals surface area contributed by atoms with E-state index in [1.54, 1.807) is 0 Å². The summed E-state index contributed by atoms with van der Waals surface area (Å²) >= 11 is 10.1. The number of carboxylic acid groups (broad SMARTS) is 1. The van der Waals surface area contributed by atoms with E-state index in [4.69, 9.17) is 5.11 Å². The molecule has 5 heteroatoms. The SMILES string of the molecule is O=C(O)CCC/C=C(Br)/C=C/C=C/CC/C=C(Br)\C=C/Br. The lowest BCUT2D eigenvalue weighted by atomic mass is 10.2. The Morgan fingerprint density at radius 3 is 2.29 bits per heavy atom. The largest absolute Gasteiger partial charge is 0.481 e. The summed E-state index contributed by atoms with van der Waals surface area (Å²) in [5.74, 6) is -0.745. The average molecular weight is 483 g/mol. The number of halogens is 3. The van der Waals surface area contributed by atoms with Gasteiger partial charge in [0.1, 0.15) is 0 Å². The second-order valence-electron chi connectivity index (χ2n) is 4.12. The second kappa shape index (κ2) is 14.5. The van der Waals surface area contributed by atoms with E-state index in [1.807, 2.05) is 35.4 Å². The van der Waals surface area contributed by atoms with E-state index in [-0.39, 0.29) is 6.42 Å². The summed E-state index contributed by atoms with van der Waals surface area (Å²) in [6.45, 7) is 0. The predicted molar refractivity (Wildman–Crippen MR) is 101 cm³/mol. The maximum atomic E-state index is 10.4. The molecule has 0 aliphatic heterocycles. The summed E-state index contributed by atoms with van der Waals surface area (Å²) in [4.78, 5) is 12.2. The summed E-state index contributed by atoms with van der Waals surface area (Å²) in [6.07, 6.45) is 17.7. The molecule has 0 bridgehead atoms. The van der Waals surface area contributed by atoms with Crippen LogP contribution in [0, 0.1) is 0 Å². The summed E-state index contributed by atoms with van der Waals surface area (Å²) in [5.41, 5.74) is 0. The van der Waals surface area contributed by atoms with Crippen LogP contribution < -0.4 is 0 Å². The molecule has 21 heavy (non-hydrogen) atoms. The summed E-state index contributed by atoms with van der Waals surface area (Å²) < 4.78 is 2.04. The van der Waals surface area contributed by atoms with Crippen molar-refractivity contribution in [3.05, 3.63) is 56.5 Å². The predicted octanol–water partition coefficient (Wildman–Crippen LogP) is 6.60. The van der Waals surface area contributed by atoms with E-state index < -0.39 is 5.97 Å². The lowest BCUT2D eigenvalue weighted by molar-refractivity contribution is -0.137. The Kier molecular flexibility index (Phi) is 14.3. The van der Waals surface area contributed by atoms with Crippen molar-refractivity contribution in [3.8, 4) is 0 Å². The third-order valence-electron chi connectivity index (χ3n) is 2.33. The van der Waals surface area contributed by atoms with Gasteiger partial charge in [0.05, 0.1) is 0 Å². The van der Waals surface area contributed by atoms with Crippen LogP contribution >= 0.6 is 47.8 Å². The Hall–Kier alpha value is -0.390. The first-order valence-corrected chi connectivity index (χ1v) is 9.09. The van der Waals surface area contributed by atoms with Crippen molar-refractivity contribution in [2.75, 3.05) is 0 Å². The lowest BCUT2D eigenvalue weighted by Gasteiger charge is -1.92. The van der Waals surface area contributed by atoms with Crippen LogP contribution in [0.5, 0.6) is 0 Å². The van der Waals surface area contributed by atoms with Crippen LogP contribution in [0.4, 0.5) is 0 Å². The third-order valence-corrected chi connectivity index (χ3v) is 3.77. The molecule has 0 saturated carbocycles. The summed E-state index contributed by atoms with van der Waals surface area (Å²) in [6, 6.07) is 0. The topological polar surface area (TPSA) is 37.3 Å². The smallest absolute Gasteiger partial charge is 0.303 e. The lowest BCUT2D eigenvalue weighted by Crippen LogP contribution is -1.92. The van der Waals surface area contributed by atoms with Crippen LogP contribution in [-0.2, 0) is 4.79 Å². The molecule has 0 fully saturated rings. The molecular weight excluding hydrogens is 464 g/mol. The van der Waals surface area contributed by atoms with E-state index in [0.29, 0.717) is 6.42 Å². The molecule has 0 heterocycles. The molecule has 0 radical (unpaired) electrons. The second-order valence-corrected chi connectivity index (χ2v) is 6.48. The molecule has 0 saturated heterocycles. The van der Waals surface area contributed by atoms with Crippen molar-refractivity contribution >= 4 is 53.8 Å². The van der Waals surface area contributed by atoms with Crippen molar-refractivity contribution < 1.29 is 9.90 Å². The van der Waals surface area contributed by atoms with Crippen molar-refractivity contribution in [3.63, 3.8) is 0 Å². The highest BCUT2D eigenvalue weighted by Crippen LogP contribution is 2.11. The van der Waals surface area contributed by atoms with Crippen LogP contribution in [0.1, 0.15) is 32.1 Å². The minimum absolute atomic E-state index is 0.216. The van der Waals surface area contributed by atoms with E-state index in [2.05, 4.69) is 59.9 Å². The molecular formula is C16H19Br3O2. The van der Waals surface area contributed by atoms with E-state index in [9.17, 15) is 4.79 Å². The first kappa shape index (κ1) is 20.6. The third kappa shape index (κ3) is 15.8. The van der Waals surface area contributed by atoms with Crippen LogP contribution in [0.15, 0.2) is 56.5 Å². The number of hydrogen-bond donors (Lipinski definition) is 1. The molecule has 0 aromatic rings. The Morgan fingerprint density at radius 2 is 1.62 bits per heavy atom. The molecule has 0 aliphatic rings. The van der Waals surface area contributed by atoms with Gasteiger partial charge in [-0.2, -0.15) is 0 Å². The van der Waals surface area contributed by atoms with Gasteiger partial charge in [-0.3, -0.25) is 4.79 Å². The first-order valence-electron chi connectivity index (χ1n) is 6.59. The number of carbonyl (C=O) groups is 1. The number of unbranched alkanes of at least 4 members (excludes halogenated alkanes) is 2. The molecule has 0 aromatic carbocycles. The quantitative estimate of drug-likeness (QED) is 0.281. The fourth-order valence-electron chi connectivity index (χ4n) is 1.33. The van der Waals surface area contributed by atoms with Gasteiger partial charge in [0, 0.05) is 15.4 Å². The Morgan fingerprint density at radius 1 is 0.952 bits per heavy atom. The standard InChI is InChI=1S/C16H19Br3O2/c17-13-12-15(19)9-5-3-1-2-4-8-14(18)10-6-7-11-16(20)21/h1-2,4,8-10,12-13H,3,5-7,11H2,(H,20,21)/b2-1+,8-4+,13-12-,14-10-,15-9+. The molecule has 0 unspecified atom stereocenters. The fraction of sp³-hybridized carbons (Fsp3) is 0.312. The van der Waals surface area contributed by atoms with E-state index in [0.717, 1.165) is 28.2 Å². The number of carboxylic acids is 1. The van der Waals surface area contributed by atoms with Crippen LogP contribution in [0.25, 0.3) is 0 Å². The van der Waals surface area contributed by atoms with Gasteiger partial charge in [-0.1, -0.05) is 78.2 Å². The highest BCUT2D eigenvalue weighted by Gasteiger charge is 1.94. The van der Waals surface area contributed by atoms with Gasteiger partial charge in [0.15, 0.2) is 0 Å². The summed E-state index contributed by atoms with van der Waals surface area (Å²) in [7, 11) is 0. The number of aliphatic carboxylic acids is 1. The van der Waals surface area contributed by atoms with Gasteiger partial charge in [-0.15, -0.1) is 0 Å². The highest BCUT2D eigenvalue weighted by atomic mass is 79.9. The van der Waals surface area contributed by atoms with Gasteiger partial charge >= 0.3 is 5.97 Å². The van der Waals surface area contributed by atoms with Crippen LogP contribution in [0.3, 0.4) is 0 Å². The summed E-state index contributed by atoms with van der Waals surface area (Å²) in [5, 5.41) is 8.52. The van der Waals surface area contributed by atoms with Gasteiger partial charge < -0.3 is 5.11 Å². The average Bonchev–Trinajstić information content (AvgIpc) is 2.42. The highest BCUT2D eigenvalue weighted by molar-refractivity contribution is 9.12. The van der Waals surface area contributed by atoms with Crippen LogP contribution in [0.2, 0.25) is 0 Å². The molecule has 1 N–H and O–H groups in total. The fourth-order valence-corrected chi connectivity index (χ4v) is 2.71. The molecule has 0 spiro atoms.